The van der Waals surface area contributed by atoms with Gasteiger partial charge in [-0.15, -0.1) is 0 Å². The zero-order chi connectivity index (χ0) is 18.6. The molecule has 1 N–H and O–H groups in total. The van der Waals surface area contributed by atoms with Crippen LogP contribution < -0.4 is 5.32 Å². The fourth-order valence-corrected chi connectivity index (χ4v) is 3.41. The summed E-state index contributed by atoms with van der Waals surface area (Å²) in [6.07, 6.45) is 2.55. The van der Waals surface area contributed by atoms with E-state index in [1.54, 1.807) is 6.07 Å². The van der Waals surface area contributed by atoms with Gasteiger partial charge in [0.25, 0.3) is 0 Å². The number of carbonyl (C=O) groups is 1. The molecule has 1 saturated heterocycles. The predicted molar refractivity (Wildman–Crippen MR) is 103 cm³/mol. The Balaban J connectivity index is 1.56. The summed E-state index contributed by atoms with van der Waals surface area (Å²) in [5.74, 6) is -0.0820. The van der Waals surface area contributed by atoms with E-state index in [1.807, 2.05) is 31.2 Å². The molecule has 0 aromatic heterocycles. The van der Waals surface area contributed by atoms with E-state index in [0.29, 0.717) is 6.54 Å². The van der Waals surface area contributed by atoms with E-state index >= 15 is 0 Å². The molecule has 0 saturated carbocycles. The zero-order valence-electron chi connectivity index (χ0n) is 15.6. The number of likely N-dealkylation sites (tertiary alicyclic amines) is 1. The molecule has 3 nitrogen and oxygen atoms in total. The van der Waals surface area contributed by atoms with Gasteiger partial charge in [-0.25, -0.2) is 4.39 Å². The summed E-state index contributed by atoms with van der Waals surface area (Å²) in [6.45, 7) is 6.34. The highest BCUT2D eigenvalue weighted by atomic mass is 19.1. The minimum atomic E-state index is -0.380. The summed E-state index contributed by atoms with van der Waals surface area (Å²) in [5, 5.41) is 3.06. The normalized spacial score (nSPS) is 17.0. The van der Waals surface area contributed by atoms with Gasteiger partial charge in [0.15, 0.2) is 0 Å². The van der Waals surface area contributed by atoms with Gasteiger partial charge in [0.2, 0.25) is 5.91 Å². The number of carbonyl (C=O) groups excluding carboxylic acids is 1. The number of amides is 1. The zero-order valence-corrected chi connectivity index (χ0v) is 15.6. The van der Waals surface area contributed by atoms with Crippen molar-refractivity contribution in [2.45, 2.75) is 39.7 Å². The van der Waals surface area contributed by atoms with E-state index in [4.69, 9.17) is 0 Å². The van der Waals surface area contributed by atoms with Gasteiger partial charge < -0.3 is 5.32 Å². The van der Waals surface area contributed by atoms with Crippen LogP contribution >= 0.6 is 0 Å². The number of hydrogen-bond donors (Lipinski definition) is 1. The minimum absolute atomic E-state index is 0.0762. The van der Waals surface area contributed by atoms with Crippen molar-refractivity contribution in [1.29, 1.82) is 0 Å². The molecular weight excluding hydrogens is 327 g/mol. The van der Waals surface area contributed by atoms with Gasteiger partial charge in [0.1, 0.15) is 5.82 Å². The van der Waals surface area contributed by atoms with E-state index in [9.17, 15) is 9.18 Å². The molecule has 0 aliphatic carbocycles. The average molecular weight is 354 g/mol. The lowest BCUT2D eigenvalue weighted by molar-refractivity contribution is -0.127. The minimum Gasteiger partial charge on any atom is -0.326 e. The van der Waals surface area contributed by atoms with Crippen LogP contribution in [0.15, 0.2) is 48.5 Å². The van der Waals surface area contributed by atoms with E-state index in [0.717, 1.165) is 43.6 Å². The Labute approximate surface area is 155 Å². The number of aryl methyl sites for hydroxylation is 1. The van der Waals surface area contributed by atoms with Crippen LogP contribution in [0.3, 0.4) is 0 Å². The third kappa shape index (κ3) is 4.31. The molecule has 3 rings (SSSR count). The number of piperidine rings is 1. The summed E-state index contributed by atoms with van der Waals surface area (Å²) < 4.78 is 13.8. The molecule has 0 bridgehead atoms. The van der Waals surface area contributed by atoms with Crippen LogP contribution in [0.2, 0.25) is 0 Å². The van der Waals surface area contributed by atoms with Crippen LogP contribution in [0.25, 0.3) is 0 Å². The molecule has 4 heteroatoms. The summed E-state index contributed by atoms with van der Waals surface area (Å²) in [4.78, 5) is 15.0. The number of halogens is 1. The molecule has 1 aliphatic heterocycles. The maximum Gasteiger partial charge on any atom is 0.230 e. The Bertz CT molecular complexity index is 749. The number of benzene rings is 2. The van der Waals surface area contributed by atoms with Gasteiger partial charge in [-0.2, -0.15) is 0 Å². The molecule has 1 fully saturated rings. The van der Waals surface area contributed by atoms with E-state index in [2.05, 4.69) is 29.3 Å². The highest BCUT2D eigenvalue weighted by molar-refractivity contribution is 5.95. The molecule has 26 heavy (non-hydrogen) atoms. The number of anilines is 1. The molecule has 0 radical (unpaired) electrons. The van der Waals surface area contributed by atoms with E-state index in [-0.39, 0.29) is 17.1 Å². The lowest BCUT2D eigenvalue weighted by Gasteiger charge is -2.38. The molecule has 0 unspecified atom stereocenters. The molecular formula is C22H27FN2O. The Morgan fingerprint density at radius 3 is 2.38 bits per heavy atom. The largest absolute Gasteiger partial charge is 0.326 e. The average Bonchev–Trinajstić information content (AvgIpc) is 2.66. The lowest BCUT2D eigenvalue weighted by atomic mass is 9.79. The third-order valence-electron chi connectivity index (χ3n) is 5.48. The molecule has 2 aromatic carbocycles. The van der Waals surface area contributed by atoms with Gasteiger partial charge in [-0.3, -0.25) is 9.69 Å². The van der Waals surface area contributed by atoms with Gasteiger partial charge in [0, 0.05) is 23.2 Å². The van der Waals surface area contributed by atoms with Gasteiger partial charge in [0.05, 0.1) is 0 Å². The second-order valence-electron chi connectivity index (χ2n) is 7.43. The fraction of sp³-hybridized carbons (Fsp3) is 0.409. The van der Waals surface area contributed by atoms with Crippen molar-refractivity contribution in [3.63, 3.8) is 0 Å². The Kier molecular flexibility index (Phi) is 5.72. The maximum atomic E-state index is 13.8. The maximum absolute atomic E-state index is 13.8. The molecule has 2 aromatic rings. The predicted octanol–water partition coefficient (Wildman–Crippen LogP) is 4.63. The van der Waals surface area contributed by atoms with Gasteiger partial charge in [-0.1, -0.05) is 44.2 Å². The van der Waals surface area contributed by atoms with Crippen molar-refractivity contribution < 1.29 is 9.18 Å². The van der Waals surface area contributed by atoms with Gasteiger partial charge >= 0.3 is 0 Å². The van der Waals surface area contributed by atoms with Crippen LogP contribution in [-0.4, -0.2) is 23.9 Å². The molecule has 1 heterocycles. The second kappa shape index (κ2) is 8.00. The van der Waals surface area contributed by atoms with Crippen molar-refractivity contribution >= 4 is 11.6 Å². The Morgan fingerprint density at radius 1 is 1.12 bits per heavy atom. The van der Waals surface area contributed by atoms with Crippen LogP contribution in [-0.2, 0) is 17.8 Å². The van der Waals surface area contributed by atoms with Crippen LogP contribution in [0.5, 0.6) is 0 Å². The van der Waals surface area contributed by atoms with Crippen molar-refractivity contribution in [2.75, 3.05) is 18.4 Å². The van der Waals surface area contributed by atoms with E-state index < -0.39 is 0 Å². The first-order valence-corrected chi connectivity index (χ1v) is 9.36. The first-order valence-electron chi connectivity index (χ1n) is 9.36. The van der Waals surface area contributed by atoms with Crippen LogP contribution in [0.4, 0.5) is 10.1 Å². The van der Waals surface area contributed by atoms with Crippen molar-refractivity contribution in [3.8, 4) is 0 Å². The molecule has 0 atom stereocenters. The standard InChI is InChI=1S/C22H27FN2O/c1-3-17-8-10-19(11-9-17)24-21(26)22(2)12-14-25(15-13-22)16-18-6-4-5-7-20(18)23/h4-11H,3,12-16H2,1-2H3,(H,24,26). The highest BCUT2D eigenvalue weighted by Gasteiger charge is 2.37. The van der Waals surface area contributed by atoms with E-state index in [1.165, 1.54) is 11.6 Å². The molecule has 1 aliphatic rings. The first kappa shape index (κ1) is 18.6. The summed E-state index contributed by atoms with van der Waals surface area (Å²) in [7, 11) is 0. The summed E-state index contributed by atoms with van der Waals surface area (Å²) in [5.41, 5.74) is 2.45. The number of rotatable bonds is 5. The fourth-order valence-electron chi connectivity index (χ4n) is 3.41. The van der Waals surface area contributed by atoms with Crippen molar-refractivity contribution in [3.05, 3.63) is 65.5 Å². The quantitative estimate of drug-likeness (QED) is 0.849. The summed E-state index contributed by atoms with van der Waals surface area (Å²) in [6, 6.07) is 14.9. The topological polar surface area (TPSA) is 32.3 Å². The number of nitrogens with one attached hydrogen (secondary N) is 1. The van der Waals surface area contributed by atoms with Crippen LogP contribution in [0, 0.1) is 11.2 Å². The second-order valence-corrected chi connectivity index (χ2v) is 7.43. The third-order valence-corrected chi connectivity index (χ3v) is 5.48. The van der Waals surface area contributed by atoms with Crippen molar-refractivity contribution in [2.24, 2.45) is 5.41 Å². The Morgan fingerprint density at radius 2 is 1.77 bits per heavy atom. The van der Waals surface area contributed by atoms with Crippen molar-refractivity contribution in [1.82, 2.24) is 4.90 Å². The molecule has 138 valence electrons. The summed E-state index contributed by atoms with van der Waals surface area (Å²) >= 11 is 0. The monoisotopic (exact) mass is 354 g/mol. The molecule has 1 amide bonds. The number of hydrogen-bond acceptors (Lipinski definition) is 2. The first-order chi connectivity index (χ1) is 12.5. The lowest BCUT2D eigenvalue weighted by Crippen LogP contribution is -2.44. The number of nitrogens with zero attached hydrogens (tertiary/aromatic N) is 1. The van der Waals surface area contributed by atoms with Gasteiger partial charge in [-0.05, 0) is 56.1 Å². The Hall–Kier alpha value is -2.20. The van der Waals surface area contributed by atoms with Crippen LogP contribution in [0.1, 0.15) is 37.8 Å². The highest BCUT2D eigenvalue weighted by Crippen LogP contribution is 2.33. The smallest absolute Gasteiger partial charge is 0.230 e. The molecule has 0 spiro atoms. The SMILES string of the molecule is CCc1ccc(NC(=O)C2(C)CCN(Cc3ccccc3F)CC2)cc1.